The molecule has 0 saturated heterocycles. The van der Waals surface area contributed by atoms with E-state index < -0.39 is 9.84 Å². The molecule has 0 aromatic heterocycles. The smallest absolute Gasteiger partial charge is 0.152 e. The van der Waals surface area contributed by atoms with Crippen LogP contribution < -0.4 is 5.32 Å². The molecule has 3 nitrogen and oxygen atoms in total. The van der Waals surface area contributed by atoms with Crippen LogP contribution in [0.25, 0.3) is 0 Å². The zero-order valence-corrected chi connectivity index (χ0v) is 13.5. The topological polar surface area (TPSA) is 46.2 Å². The van der Waals surface area contributed by atoms with Crippen molar-refractivity contribution in [2.75, 3.05) is 23.4 Å². The Kier molecular flexibility index (Phi) is 5.95. The van der Waals surface area contributed by atoms with Gasteiger partial charge in [-0.1, -0.05) is 13.0 Å². The summed E-state index contributed by atoms with van der Waals surface area (Å²) in [7, 11) is -2.92. The molecule has 0 radical (unpaired) electrons. The van der Waals surface area contributed by atoms with Crippen LogP contribution in [-0.4, -0.2) is 26.5 Å². The van der Waals surface area contributed by atoms with E-state index in [1.165, 1.54) is 0 Å². The van der Waals surface area contributed by atoms with E-state index in [0.29, 0.717) is 13.0 Å². The Morgan fingerprint density at radius 2 is 1.76 bits per heavy atom. The molecule has 96 valence electrons. The Bertz CT molecular complexity index is 454. The summed E-state index contributed by atoms with van der Waals surface area (Å²) >= 11 is 6.83. The van der Waals surface area contributed by atoms with Gasteiger partial charge in [0.25, 0.3) is 0 Å². The molecule has 1 N–H and O–H groups in total. The van der Waals surface area contributed by atoms with Crippen LogP contribution in [0, 0.1) is 0 Å². The zero-order valence-electron chi connectivity index (χ0n) is 9.54. The summed E-state index contributed by atoms with van der Waals surface area (Å²) in [5.41, 5.74) is 0.888. The van der Waals surface area contributed by atoms with Crippen LogP contribution in [0.1, 0.15) is 13.3 Å². The molecule has 0 aliphatic carbocycles. The first-order valence-corrected chi connectivity index (χ1v) is 8.75. The monoisotopic (exact) mass is 383 g/mol. The fourth-order valence-electron chi connectivity index (χ4n) is 1.41. The molecule has 0 fully saturated rings. The van der Waals surface area contributed by atoms with Crippen LogP contribution in [0.5, 0.6) is 0 Å². The SMILES string of the molecule is CCCS(=O)(=O)CCNc1c(Br)cccc1Br. The Labute approximate surface area is 119 Å². The zero-order chi connectivity index (χ0) is 12.9. The van der Waals surface area contributed by atoms with Crippen molar-refractivity contribution in [3.63, 3.8) is 0 Å². The van der Waals surface area contributed by atoms with E-state index >= 15 is 0 Å². The van der Waals surface area contributed by atoms with Gasteiger partial charge in [0.2, 0.25) is 0 Å². The fourth-order valence-corrected chi connectivity index (χ4v) is 3.93. The van der Waals surface area contributed by atoms with Crippen molar-refractivity contribution in [2.45, 2.75) is 13.3 Å². The van der Waals surface area contributed by atoms with Crippen molar-refractivity contribution < 1.29 is 8.42 Å². The van der Waals surface area contributed by atoms with Crippen LogP contribution in [0.3, 0.4) is 0 Å². The molecule has 17 heavy (non-hydrogen) atoms. The molecule has 0 atom stereocenters. The minimum atomic E-state index is -2.92. The molecule has 0 saturated carbocycles. The number of benzene rings is 1. The Balaban J connectivity index is 2.57. The van der Waals surface area contributed by atoms with Crippen LogP contribution in [-0.2, 0) is 9.84 Å². The van der Waals surface area contributed by atoms with Gasteiger partial charge < -0.3 is 5.32 Å². The van der Waals surface area contributed by atoms with Crippen molar-refractivity contribution in [2.24, 2.45) is 0 Å². The minimum absolute atomic E-state index is 0.161. The highest BCUT2D eigenvalue weighted by molar-refractivity contribution is 9.11. The van der Waals surface area contributed by atoms with Gasteiger partial charge in [0, 0.05) is 21.2 Å². The maximum atomic E-state index is 11.5. The number of halogens is 2. The minimum Gasteiger partial charge on any atom is -0.382 e. The third kappa shape index (κ3) is 4.97. The molecule has 0 aliphatic rings. The van der Waals surface area contributed by atoms with Gasteiger partial charge >= 0.3 is 0 Å². The molecule has 0 aliphatic heterocycles. The van der Waals surface area contributed by atoms with E-state index in [-0.39, 0.29) is 11.5 Å². The fraction of sp³-hybridized carbons (Fsp3) is 0.455. The number of sulfone groups is 1. The summed E-state index contributed by atoms with van der Waals surface area (Å²) in [6.45, 7) is 2.29. The van der Waals surface area contributed by atoms with Crippen molar-refractivity contribution >= 4 is 47.4 Å². The summed E-state index contributed by atoms with van der Waals surface area (Å²) in [5, 5.41) is 3.12. The van der Waals surface area contributed by atoms with Gasteiger partial charge in [0.1, 0.15) is 0 Å². The van der Waals surface area contributed by atoms with E-state index in [9.17, 15) is 8.42 Å². The highest BCUT2D eigenvalue weighted by Crippen LogP contribution is 2.30. The summed E-state index contributed by atoms with van der Waals surface area (Å²) < 4.78 is 24.9. The van der Waals surface area contributed by atoms with Crippen LogP contribution in [0.2, 0.25) is 0 Å². The van der Waals surface area contributed by atoms with E-state index in [1.807, 2.05) is 25.1 Å². The lowest BCUT2D eigenvalue weighted by Gasteiger charge is -2.10. The summed E-state index contributed by atoms with van der Waals surface area (Å²) in [5.74, 6) is 0.417. The van der Waals surface area contributed by atoms with E-state index in [1.54, 1.807) is 0 Å². The average Bonchev–Trinajstić information content (AvgIpc) is 2.22. The van der Waals surface area contributed by atoms with Gasteiger partial charge in [-0.3, -0.25) is 0 Å². The summed E-state index contributed by atoms with van der Waals surface area (Å²) in [4.78, 5) is 0. The first-order chi connectivity index (χ1) is 7.96. The number of rotatable bonds is 6. The Morgan fingerprint density at radius 3 is 2.29 bits per heavy atom. The first-order valence-electron chi connectivity index (χ1n) is 5.34. The normalized spacial score (nSPS) is 11.5. The molecular weight excluding hydrogens is 370 g/mol. The number of nitrogens with one attached hydrogen (secondary N) is 1. The van der Waals surface area contributed by atoms with Crippen molar-refractivity contribution in [1.82, 2.24) is 0 Å². The Morgan fingerprint density at radius 1 is 1.18 bits per heavy atom. The number of hydrogen-bond donors (Lipinski definition) is 1. The predicted octanol–water partition coefficient (Wildman–Crippen LogP) is 3.45. The number of anilines is 1. The lowest BCUT2D eigenvalue weighted by molar-refractivity contribution is 0.595. The third-order valence-corrected chi connectivity index (χ3v) is 5.37. The third-order valence-electron chi connectivity index (χ3n) is 2.19. The van der Waals surface area contributed by atoms with Gasteiger partial charge in [-0.2, -0.15) is 0 Å². The van der Waals surface area contributed by atoms with E-state index in [0.717, 1.165) is 14.6 Å². The molecule has 1 aromatic carbocycles. The standard InChI is InChI=1S/C11H15Br2NO2S/c1-2-7-17(15,16)8-6-14-11-9(12)4-3-5-10(11)13/h3-5,14H,2,6-8H2,1H3. The molecule has 1 aromatic rings. The molecule has 0 unspecified atom stereocenters. The van der Waals surface area contributed by atoms with Crippen molar-refractivity contribution in [1.29, 1.82) is 0 Å². The Hall–Kier alpha value is -0.0700. The molecule has 1 rings (SSSR count). The molecule has 0 amide bonds. The first kappa shape index (κ1) is 15.0. The molecule has 0 bridgehead atoms. The van der Waals surface area contributed by atoms with Crippen LogP contribution in [0.15, 0.2) is 27.1 Å². The number of hydrogen-bond acceptors (Lipinski definition) is 3. The van der Waals surface area contributed by atoms with Gasteiger partial charge in [0.05, 0.1) is 11.4 Å². The summed E-state index contributed by atoms with van der Waals surface area (Å²) in [6, 6.07) is 5.73. The maximum Gasteiger partial charge on any atom is 0.152 e. The van der Waals surface area contributed by atoms with Gasteiger partial charge in [0.15, 0.2) is 9.84 Å². The lowest BCUT2D eigenvalue weighted by Crippen LogP contribution is -2.18. The second kappa shape index (κ2) is 6.75. The highest BCUT2D eigenvalue weighted by Gasteiger charge is 2.10. The quantitative estimate of drug-likeness (QED) is 0.816. The average molecular weight is 385 g/mol. The number of para-hydroxylation sites is 1. The molecule has 0 spiro atoms. The summed E-state index contributed by atoms with van der Waals surface area (Å²) in [6.07, 6.45) is 0.668. The van der Waals surface area contributed by atoms with Gasteiger partial charge in [-0.25, -0.2) is 8.42 Å². The second-order valence-corrected chi connectivity index (χ2v) is 7.69. The lowest BCUT2D eigenvalue weighted by atomic mass is 10.3. The highest BCUT2D eigenvalue weighted by atomic mass is 79.9. The van der Waals surface area contributed by atoms with Gasteiger partial charge in [-0.05, 0) is 50.4 Å². The van der Waals surface area contributed by atoms with Crippen molar-refractivity contribution in [3.8, 4) is 0 Å². The van der Waals surface area contributed by atoms with Gasteiger partial charge in [-0.15, -0.1) is 0 Å². The molecule has 6 heteroatoms. The van der Waals surface area contributed by atoms with Crippen LogP contribution >= 0.6 is 31.9 Å². The molecular formula is C11H15Br2NO2S. The van der Waals surface area contributed by atoms with E-state index in [4.69, 9.17) is 0 Å². The second-order valence-electron chi connectivity index (χ2n) is 3.68. The maximum absolute atomic E-state index is 11.5. The predicted molar refractivity (Wildman–Crippen MR) is 79.3 cm³/mol. The van der Waals surface area contributed by atoms with E-state index in [2.05, 4.69) is 37.2 Å². The largest absolute Gasteiger partial charge is 0.382 e. The van der Waals surface area contributed by atoms with Crippen LogP contribution in [0.4, 0.5) is 5.69 Å². The van der Waals surface area contributed by atoms with Crippen molar-refractivity contribution in [3.05, 3.63) is 27.1 Å². The molecule has 0 heterocycles.